The highest BCUT2D eigenvalue weighted by atomic mass is 32.1. The predicted molar refractivity (Wildman–Crippen MR) is 107 cm³/mol. The van der Waals surface area contributed by atoms with Crippen LogP contribution in [0.3, 0.4) is 0 Å². The largest absolute Gasteiger partial charge is 0.411 e. The van der Waals surface area contributed by atoms with Crippen molar-refractivity contribution in [1.82, 2.24) is 24.8 Å². The number of aromatic nitrogens is 3. The average Bonchev–Trinajstić information content (AvgIpc) is 3.39. The van der Waals surface area contributed by atoms with E-state index in [0.717, 1.165) is 35.1 Å². The molecule has 0 radical (unpaired) electrons. The van der Waals surface area contributed by atoms with E-state index in [1.807, 2.05) is 30.5 Å². The van der Waals surface area contributed by atoms with Crippen molar-refractivity contribution in [1.29, 1.82) is 0 Å². The van der Waals surface area contributed by atoms with E-state index in [-0.39, 0.29) is 17.9 Å². The van der Waals surface area contributed by atoms with Crippen molar-refractivity contribution in [3.8, 4) is 0 Å². The van der Waals surface area contributed by atoms with E-state index < -0.39 is 6.18 Å². The highest BCUT2D eigenvalue weighted by Gasteiger charge is 2.25. The number of likely N-dealkylation sites (tertiary alicyclic amines) is 1. The molecule has 3 aromatic rings. The number of nitrogens with one attached hydrogen (secondary N) is 1. The monoisotopic (exact) mass is 435 g/mol. The summed E-state index contributed by atoms with van der Waals surface area (Å²) in [5.41, 5.74) is 1.66. The number of fused-ring (bicyclic) bond motifs is 1. The van der Waals surface area contributed by atoms with Crippen LogP contribution in [0.2, 0.25) is 0 Å². The van der Waals surface area contributed by atoms with Gasteiger partial charge < -0.3 is 10.2 Å². The smallest absolute Gasteiger partial charge is 0.377 e. The van der Waals surface area contributed by atoms with Crippen LogP contribution in [0.1, 0.15) is 38.9 Å². The summed E-state index contributed by atoms with van der Waals surface area (Å²) in [5, 5.41) is 6.99. The molecule has 0 unspecified atom stereocenters. The second-order valence-corrected chi connectivity index (χ2v) is 8.27. The van der Waals surface area contributed by atoms with Crippen molar-refractivity contribution in [3.05, 3.63) is 64.4 Å². The molecule has 30 heavy (non-hydrogen) atoms. The Labute approximate surface area is 175 Å². The molecule has 1 N–H and O–H groups in total. The van der Waals surface area contributed by atoms with E-state index in [1.54, 1.807) is 9.42 Å². The summed E-state index contributed by atoms with van der Waals surface area (Å²) in [6.45, 7) is 1.52. The highest BCUT2D eigenvalue weighted by molar-refractivity contribution is 7.14. The van der Waals surface area contributed by atoms with Crippen LogP contribution in [0.5, 0.6) is 0 Å². The van der Waals surface area contributed by atoms with E-state index in [4.69, 9.17) is 0 Å². The van der Waals surface area contributed by atoms with Gasteiger partial charge in [-0.15, -0.1) is 11.3 Å². The lowest BCUT2D eigenvalue weighted by Crippen LogP contribution is -2.28. The second-order valence-electron chi connectivity index (χ2n) is 7.15. The van der Waals surface area contributed by atoms with Crippen molar-refractivity contribution >= 4 is 22.9 Å². The number of rotatable bonds is 5. The van der Waals surface area contributed by atoms with Gasteiger partial charge in [0.1, 0.15) is 6.33 Å². The Balaban J connectivity index is 1.30. The molecule has 0 saturated carbocycles. The standard InChI is InChI=1S/C20H20F3N5OS/c21-20(22,23)7-10-27-8-5-15(6-9-27)16-2-3-17(30-16)19(29)24-11-14-1-4-18-25-13-26-28(18)12-14/h1-4,7,10,12-13,15H,5-6,8-9,11H2,(H,24,29). The van der Waals surface area contributed by atoms with Gasteiger partial charge in [-0.1, -0.05) is 6.07 Å². The van der Waals surface area contributed by atoms with Gasteiger partial charge in [-0.05, 0) is 42.5 Å². The highest BCUT2D eigenvalue weighted by Crippen LogP contribution is 2.33. The molecule has 4 rings (SSSR count). The Kier molecular flexibility index (Phi) is 5.76. The Morgan fingerprint density at radius 1 is 1.23 bits per heavy atom. The lowest BCUT2D eigenvalue weighted by atomic mass is 9.95. The van der Waals surface area contributed by atoms with Gasteiger partial charge >= 0.3 is 6.18 Å². The van der Waals surface area contributed by atoms with Crippen LogP contribution in [0.4, 0.5) is 13.2 Å². The van der Waals surface area contributed by atoms with E-state index in [2.05, 4.69) is 15.4 Å². The van der Waals surface area contributed by atoms with Crippen molar-refractivity contribution in [2.75, 3.05) is 13.1 Å². The summed E-state index contributed by atoms with van der Waals surface area (Å²) in [5.74, 6) is 0.122. The molecule has 0 spiro atoms. The quantitative estimate of drug-likeness (QED) is 0.659. The van der Waals surface area contributed by atoms with Crippen LogP contribution in [0, 0.1) is 0 Å². The van der Waals surface area contributed by atoms with Crippen molar-refractivity contribution < 1.29 is 18.0 Å². The molecule has 1 saturated heterocycles. The van der Waals surface area contributed by atoms with Crippen LogP contribution in [0.15, 0.2) is 49.1 Å². The van der Waals surface area contributed by atoms with Gasteiger partial charge in [0, 0.05) is 43.0 Å². The van der Waals surface area contributed by atoms with Gasteiger partial charge in [0.05, 0.1) is 4.88 Å². The minimum atomic E-state index is -4.28. The second kappa shape index (κ2) is 8.47. The number of hydrogen-bond acceptors (Lipinski definition) is 5. The minimum Gasteiger partial charge on any atom is -0.377 e. The minimum absolute atomic E-state index is 0.143. The average molecular weight is 435 g/mol. The molecule has 0 aromatic carbocycles. The van der Waals surface area contributed by atoms with Gasteiger partial charge in [-0.2, -0.15) is 18.3 Å². The van der Waals surface area contributed by atoms with Gasteiger partial charge in [0.15, 0.2) is 5.65 Å². The van der Waals surface area contributed by atoms with E-state index >= 15 is 0 Å². The number of carbonyl (C=O) groups is 1. The molecule has 0 aliphatic carbocycles. The fourth-order valence-corrected chi connectivity index (χ4v) is 4.54. The third-order valence-electron chi connectivity index (χ3n) is 5.05. The first-order valence-corrected chi connectivity index (χ1v) is 10.4. The number of allylic oxidation sites excluding steroid dienone is 1. The summed E-state index contributed by atoms with van der Waals surface area (Å²) in [6.07, 6.45) is 1.95. The normalized spacial score (nSPS) is 15.9. The number of pyridine rings is 1. The lowest BCUT2D eigenvalue weighted by Gasteiger charge is -2.30. The first kappa shape index (κ1) is 20.4. The Morgan fingerprint density at radius 3 is 2.80 bits per heavy atom. The Hall–Kier alpha value is -2.88. The van der Waals surface area contributed by atoms with Crippen LogP contribution in [0.25, 0.3) is 5.65 Å². The van der Waals surface area contributed by atoms with Crippen LogP contribution in [-0.2, 0) is 6.54 Å². The van der Waals surface area contributed by atoms with Crippen LogP contribution < -0.4 is 5.32 Å². The lowest BCUT2D eigenvalue weighted by molar-refractivity contribution is -0.0808. The maximum Gasteiger partial charge on any atom is 0.411 e. The maximum atomic E-state index is 12.5. The van der Waals surface area contributed by atoms with Crippen LogP contribution >= 0.6 is 11.3 Å². The van der Waals surface area contributed by atoms with Crippen LogP contribution in [-0.4, -0.2) is 44.7 Å². The van der Waals surface area contributed by atoms with Gasteiger partial charge in [0.25, 0.3) is 5.91 Å². The molecule has 1 aliphatic heterocycles. The third kappa shape index (κ3) is 4.99. The SMILES string of the molecule is O=C(NCc1ccc2ncnn2c1)c1ccc(C2CCN(C=CC(F)(F)F)CC2)s1. The molecule has 158 valence electrons. The molecule has 1 amide bonds. The van der Waals surface area contributed by atoms with E-state index in [9.17, 15) is 18.0 Å². The zero-order valence-corrected chi connectivity index (χ0v) is 16.8. The number of amides is 1. The zero-order valence-electron chi connectivity index (χ0n) is 16.0. The molecular weight excluding hydrogens is 415 g/mol. The Bertz CT molecular complexity index is 1050. The van der Waals surface area contributed by atoms with Gasteiger partial charge in [0.2, 0.25) is 0 Å². The van der Waals surface area contributed by atoms with E-state index in [1.165, 1.54) is 17.7 Å². The molecule has 4 heterocycles. The fraction of sp³-hybridized carbons (Fsp3) is 0.350. The number of halogens is 3. The summed E-state index contributed by atoms with van der Waals surface area (Å²) < 4.78 is 38.6. The molecule has 6 nitrogen and oxygen atoms in total. The molecule has 1 aliphatic rings. The van der Waals surface area contributed by atoms with Gasteiger partial charge in [-0.3, -0.25) is 4.79 Å². The molecular formula is C20H20F3N5OS. The molecule has 10 heteroatoms. The van der Waals surface area contributed by atoms with Crippen molar-refractivity contribution in [2.45, 2.75) is 31.5 Å². The number of thiophene rings is 1. The number of alkyl halides is 3. The summed E-state index contributed by atoms with van der Waals surface area (Å²) in [6, 6.07) is 7.50. The summed E-state index contributed by atoms with van der Waals surface area (Å²) >= 11 is 1.45. The molecule has 1 fully saturated rings. The van der Waals surface area contributed by atoms with E-state index in [0.29, 0.717) is 24.5 Å². The number of carbonyl (C=O) groups excluding carboxylic acids is 1. The molecule has 3 aromatic heterocycles. The number of nitrogens with zero attached hydrogens (tertiary/aromatic N) is 4. The molecule has 0 atom stereocenters. The molecule has 0 bridgehead atoms. The third-order valence-corrected chi connectivity index (χ3v) is 6.29. The number of piperidine rings is 1. The summed E-state index contributed by atoms with van der Waals surface area (Å²) in [7, 11) is 0. The maximum absolute atomic E-state index is 12.5. The first-order chi connectivity index (χ1) is 14.4. The van der Waals surface area contributed by atoms with Crippen molar-refractivity contribution in [2.24, 2.45) is 0 Å². The zero-order chi connectivity index (χ0) is 21.1. The fourth-order valence-electron chi connectivity index (χ4n) is 3.45. The topological polar surface area (TPSA) is 62.5 Å². The van der Waals surface area contributed by atoms with Gasteiger partial charge in [-0.25, -0.2) is 9.50 Å². The number of hydrogen-bond donors (Lipinski definition) is 1. The Morgan fingerprint density at radius 2 is 2.03 bits per heavy atom. The van der Waals surface area contributed by atoms with Crippen molar-refractivity contribution in [3.63, 3.8) is 0 Å². The first-order valence-electron chi connectivity index (χ1n) is 9.54. The summed E-state index contributed by atoms with van der Waals surface area (Å²) in [4.78, 5) is 20.0. The predicted octanol–water partition coefficient (Wildman–Crippen LogP) is 3.98.